The lowest BCUT2D eigenvalue weighted by molar-refractivity contribution is 0.0454. The Bertz CT molecular complexity index is 173. The molecule has 3 nitrogen and oxygen atoms in total. The van der Waals surface area contributed by atoms with Crippen molar-refractivity contribution in [3.05, 3.63) is 0 Å². The number of hydrogen-bond donors (Lipinski definition) is 1. The van der Waals surface area contributed by atoms with E-state index < -0.39 is 0 Å². The standard InChI is InChI=1S/C12H25NO2/c1-10(2)9-13(7-8-15-3)11-5-4-6-12(11)14/h10-12,14H,4-9H2,1-3H3/t11-,12+/m0/s1. The van der Waals surface area contributed by atoms with Gasteiger partial charge in [0, 0.05) is 26.2 Å². The van der Waals surface area contributed by atoms with Crippen LogP contribution in [0.15, 0.2) is 0 Å². The van der Waals surface area contributed by atoms with Gasteiger partial charge in [-0.1, -0.05) is 13.8 Å². The van der Waals surface area contributed by atoms with Gasteiger partial charge in [-0.2, -0.15) is 0 Å². The molecule has 1 fully saturated rings. The first kappa shape index (κ1) is 12.9. The molecular formula is C12H25NO2. The topological polar surface area (TPSA) is 32.7 Å². The minimum atomic E-state index is -0.124. The average molecular weight is 215 g/mol. The van der Waals surface area contributed by atoms with E-state index in [4.69, 9.17) is 4.74 Å². The second-order valence-electron chi connectivity index (χ2n) is 4.95. The van der Waals surface area contributed by atoms with E-state index in [2.05, 4.69) is 18.7 Å². The minimum absolute atomic E-state index is 0.124. The Labute approximate surface area is 93.4 Å². The number of hydrogen-bond acceptors (Lipinski definition) is 3. The molecule has 0 spiro atoms. The summed E-state index contributed by atoms with van der Waals surface area (Å²) in [5, 5.41) is 9.89. The number of ether oxygens (including phenoxy) is 1. The van der Waals surface area contributed by atoms with Crippen molar-refractivity contribution in [2.75, 3.05) is 26.8 Å². The summed E-state index contributed by atoms with van der Waals surface area (Å²) in [5.41, 5.74) is 0. The lowest BCUT2D eigenvalue weighted by Crippen LogP contribution is -2.44. The van der Waals surface area contributed by atoms with E-state index >= 15 is 0 Å². The number of aliphatic hydroxyl groups is 1. The van der Waals surface area contributed by atoms with E-state index in [9.17, 15) is 5.11 Å². The van der Waals surface area contributed by atoms with E-state index in [1.807, 2.05) is 0 Å². The highest BCUT2D eigenvalue weighted by molar-refractivity contribution is 4.85. The molecule has 1 N–H and O–H groups in total. The molecule has 0 bridgehead atoms. The molecule has 1 aliphatic carbocycles. The SMILES string of the molecule is COCCN(CC(C)C)[C@H]1CCC[C@H]1O. The monoisotopic (exact) mass is 215 g/mol. The van der Waals surface area contributed by atoms with E-state index in [1.54, 1.807) is 7.11 Å². The Morgan fingerprint density at radius 3 is 2.60 bits per heavy atom. The summed E-state index contributed by atoms with van der Waals surface area (Å²) in [6, 6.07) is 0.363. The fraction of sp³-hybridized carbons (Fsp3) is 1.00. The molecule has 1 saturated carbocycles. The van der Waals surface area contributed by atoms with Crippen molar-refractivity contribution >= 4 is 0 Å². The summed E-state index contributed by atoms with van der Waals surface area (Å²) in [4.78, 5) is 2.39. The molecule has 15 heavy (non-hydrogen) atoms. The summed E-state index contributed by atoms with van der Waals surface area (Å²) < 4.78 is 5.13. The van der Waals surface area contributed by atoms with Crippen molar-refractivity contribution in [2.45, 2.75) is 45.3 Å². The van der Waals surface area contributed by atoms with Gasteiger partial charge < -0.3 is 9.84 Å². The van der Waals surface area contributed by atoms with E-state index in [0.717, 1.165) is 39.0 Å². The van der Waals surface area contributed by atoms with Crippen molar-refractivity contribution < 1.29 is 9.84 Å². The lowest BCUT2D eigenvalue weighted by Gasteiger charge is -2.32. The summed E-state index contributed by atoms with van der Waals surface area (Å²) in [6.07, 6.45) is 3.14. The predicted molar refractivity (Wildman–Crippen MR) is 61.9 cm³/mol. The van der Waals surface area contributed by atoms with Crippen LogP contribution in [-0.2, 0) is 4.74 Å². The number of rotatable bonds is 6. The zero-order valence-electron chi connectivity index (χ0n) is 10.3. The highest BCUT2D eigenvalue weighted by Crippen LogP contribution is 2.24. The number of nitrogens with zero attached hydrogens (tertiary/aromatic N) is 1. The van der Waals surface area contributed by atoms with Crippen LogP contribution in [0.2, 0.25) is 0 Å². The van der Waals surface area contributed by atoms with Crippen molar-refractivity contribution in [3.8, 4) is 0 Å². The molecule has 1 aliphatic rings. The first-order chi connectivity index (χ1) is 7.15. The summed E-state index contributed by atoms with van der Waals surface area (Å²) in [5.74, 6) is 0.648. The minimum Gasteiger partial charge on any atom is -0.391 e. The Hall–Kier alpha value is -0.120. The average Bonchev–Trinajstić information content (AvgIpc) is 2.58. The van der Waals surface area contributed by atoms with Crippen molar-refractivity contribution in [1.82, 2.24) is 4.90 Å². The first-order valence-electron chi connectivity index (χ1n) is 6.06. The maximum atomic E-state index is 9.89. The molecule has 2 atom stereocenters. The van der Waals surface area contributed by atoms with Crippen LogP contribution >= 0.6 is 0 Å². The molecule has 3 heteroatoms. The molecule has 0 heterocycles. The third-order valence-electron chi connectivity index (χ3n) is 3.10. The molecule has 1 rings (SSSR count). The molecule has 0 aromatic rings. The van der Waals surface area contributed by atoms with Gasteiger partial charge >= 0.3 is 0 Å². The van der Waals surface area contributed by atoms with Gasteiger partial charge in [-0.05, 0) is 25.2 Å². The molecule has 0 aromatic heterocycles. The van der Waals surface area contributed by atoms with E-state index in [1.165, 1.54) is 0 Å². The van der Waals surface area contributed by atoms with Gasteiger partial charge in [0.25, 0.3) is 0 Å². The third kappa shape index (κ3) is 4.09. The Morgan fingerprint density at radius 1 is 1.40 bits per heavy atom. The second kappa shape index (κ2) is 6.46. The van der Waals surface area contributed by atoms with Gasteiger partial charge in [-0.3, -0.25) is 4.90 Å². The Balaban J connectivity index is 2.46. The van der Waals surface area contributed by atoms with Gasteiger partial charge in [-0.25, -0.2) is 0 Å². The molecule has 0 radical (unpaired) electrons. The largest absolute Gasteiger partial charge is 0.391 e. The van der Waals surface area contributed by atoms with Crippen LogP contribution in [0.5, 0.6) is 0 Å². The van der Waals surface area contributed by atoms with Crippen LogP contribution in [0, 0.1) is 5.92 Å². The summed E-state index contributed by atoms with van der Waals surface area (Å²) in [6.45, 7) is 7.21. The highest BCUT2D eigenvalue weighted by atomic mass is 16.5. The van der Waals surface area contributed by atoms with Crippen LogP contribution in [0.4, 0.5) is 0 Å². The fourth-order valence-corrected chi connectivity index (χ4v) is 2.42. The van der Waals surface area contributed by atoms with Crippen LogP contribution in [-0.4, -0.2) is 49.0 Å². The van der Waals surface area contributed by atoms with Gasteiger partial charge in [-0.15, -0.1) is 0 Å². The lowest BCUT2D eigenvalue weighted by atomic mass is 10.1. The van der Waals surface area contributed by atoms with Gasteiger partial charge in [0.1, 0.15) is 0 Å². The quantitative estimate of drug-likeness (QED) is 0.729. The number of methoxy groups -OCH3 is 1. The predicted octanol–water partition coefficient (Wildman–Crippen LogP) is 1.50. The molecule has 0 unspecified atom stereocenters. The van der Waals surface area contributed by atoms with Crippen molar-refractivity contribution in [1.29, 1.82) is 0 Å². The fourth-order valence-electron chi connectivity index (χ4n) is 2.42. The van der Waals surface area contributed by atoms with Crippen LogP contribution in [0.1, 0.15) is 33.1 Å². The third-order valence-corrected chi connectivity index (χ3v) is 3.10. The van der Waals surface area contributed by atoms with Crippen LogP contribution in [0.3, 0.4) is 0 Å². The van der Waals surface area contributed by atoms with Crippen molar-refractivity contribution in [3.63, 3.8) is 0 Å². The molecule has 0 saturated heterocycles. The summed E-state index contributed by atoms with van der Waals surface area (Å²) >= 11 is 0. The molecular weight excluding hydrogens is 190 g/mol. The van der Waals surface area contributed by atoms with Crippen molar-refractivity contribution in [2.24, 2.45) is 5.92 Å². The molecule has 0 amide bonds. The maximum absolute atomic E-state index is 9.89. The zero-order valence-corrected chi connectivity index (χ0v) is 10.3. The highest BCUT2D eigenvalue weighted by Gasteiger charge is 2.30. The molecule has 0 aromatic carbocycles. The zero-order chi connectivity index (χ0) is 11.3. The normalized spacial score (nSPS) is 26.8. The van der Waals surface area contributed by atoms with Gasteiger partial charge in [0.2, 0.25) is 0 Å². The van der Waals surface area contributed by atoms with Gasteiger partial charge in [0.15, 0.2) is 0 Å². The van der Waals surface area contributed by atoms with Crippen LogP contribution in [0.25, 0.3) is 0 Å². The molecule has 0 aliphatic heterocycles. The molecule has 90 valence electrons. The smallest absolute Gasteiger partial charge is 0.0695 e. The van der Waals surface area contributed by atoms with E-state index in [-0.39, 0.29) is 6.10 Å². The first-order valence-corrected chi connectivity index (χ1v) is 6.06. The number of aliphatic hydroxyl groups excluding tert-OH is 1. The van der Waals surface area contributed by atoms with E-state index in [0.29, 0.717) is 12.0 Å². The Morgan fingerprint density at radius 2 is 2.13 bits per heavy atom. The Kier molecular flexibility index (Phi) is 5.58. The van der Waals surface area contributed by atoms with Crippen LogP contribution < -0.4 is 0 Å². The maximum Gasteiger partial charge on any atom is 0.0695 e. The van der Waals surface area contributed by atoms with Gasteiger partial charge in [0.05, 0.1) is 12.7 Å². The second-order valence-corrected chi connectivity index (χ2v) is 4.95. The summed E-state index contributed by atoms with van der Waals surface area (Å²) in [7, 11) is 1.73.